The van der Waals surface area contributed by atoms with E-state index in [2.05, 4.69) is 42.2 Å². The van der Waals surface area contributed by atoms with Gasteiger partial charge in [0.1, 0.15) is 0 Å². The summed E-state index contributed by atoms with van der Waals surface area (Å²) in [6.07, 6.45) is 4.52. The number of hydrogen-bond acceptors (Lipinski definition) is 2. The Labute approximate surface area is 104 Å². The van der Waals surface area contributed by atoms with E-state index in [0.717, 1.165) is 26.1 Å². The van der Waals surface area contributed by atoms with Crippen molar-refractivity contribution in [3.63, 3.8) is 0 Å². The van der Waals surface area contributed by atoms with Crippen molar-refractivity contribution in [2.24, 2.45) is 5.73 Å². The van der Waals surface area contributed by atoms with Crippen LogP contribution in [0.15, 0.2) is 35.9 Å². The van der Waals surface area contributed by atoms with Gasteiger partial charge < -0.3 is 5.73 Å². The van der Waals surface area contributed by atoms with Gasteiger partial charge >= 0.3 is 0 Å². The number of nitrogens with zero attached hydrogens (tertiary/aromatic N) is 1. The van der Waals surface area contributed by atoms with Crippen molar-refractivity contribution in [2.75, 3.05) is 19.6 Å². The smallest absolute Gasteiger partial charge is 0.0240 e. The molecule has 17 heavy (non-hydrogen) atoms. The number of hydrogen-bond donors (Lipinski definition) is 1. The van der Waals surface area contributed by atoms with E-state index in [1.165, 1.54) is 29.7 Å². The lowest BCUT2D eigenvalue weighted by molar-refractivity contribution is 0.281. The SMILES string of the molecule is CC1=CCCN(Cc2ccccc2CCN)C1. The third kappa shape index (κ3) is 3.42. The number of benzene rings is 1. The molecule has 0 fully saturated rings. The van der Waals surface area contributed by atoms with E-state index in [1.54, 1.807) is 0 Å². The number of nitrogens with two attached hydrogens (primary N) is 1. The Hall–Kier alpha value is -1.12. The van der Waals surface area contributed by atoms with E-state index in [1.807, 2.05) is 0 Å². The molecule has 92 valence electrons. The molecule has 1 aliphatic heterocycles. The Bertz CT molecular complexity index is 396. The van der Waals surface area contributed by atoms with Gasteiger partial charge in [0.05, 0.1) is 0 Å². The summed E-state index contributed by atoms with van der Waals surface area (Å²) in [4.78, 5) is 2.52. The first-order chi connectivity index (χ1) is 8.29. The van der Waals surface area contributed by atoms with Gasteiger partial charge in [-0.05, 0) is 37.4 Å². The fraction of sp³-hybridized carbons (Fsp3) is 0.467. The maximum Gasteiger partial charge on any atom is 0.0240 e. The third-order valence-electron chi connectivity index (χ3n) is 3.34. The second kappa shape index (κ2) is 5.99. The lowest BCUT2D eigenvalue weighted by Crippen LogP contribution is -2.29. The highest BCUT2D eigenvalue weighted by atomic mass is 15.1. The summed E-state index contributed by atoms with van der Waals surface area (Å²) >= 11 is 0. The molecule has 1 aromatic carbocycles. The van der Waals surface area contributed by atoms with Crippen molar-refractivity contribution < 1.29 is 0 Å². The van der Waals surface area contributed by atoms with Crippen LogP contribution in [-0.2, 0) is 13.0 Å². The molecule has 0 bridgehead atoms. The summed E-state index contributed by atoms with van der Waals surface area (Å²) < 4.78 is 0. The average molecular weight is 230 g/mol. The minimum Gasteiger partial charge on any atom is -0.330 e. The fourth-order valence-electron chi connectivity index (χ4n) is 2.48. The van der Waals surface area contributed by atoms with Crippen LogP contribution in [0.25, 0.3) is 0 Å². The monoisotopic (exact) mass is 230 g/mol. The van der Waals surface area contributed by atoms with Crippen LogP contribution in [0.5, 0.6) is 0 Å². The van der Waals surface area contributed by atoms with Crippen LogP contribution in [0, 0.1) is 0 Å². The van der Waals surface area contributed by atoms with Crippen molar-refractivity contribution in [3.8, 4) is 0 Å². The van der Waals surface area contributed by atoms with Gasteiger partial charge in [-0.3, -0.25) is 4.90 Å². The van der Waals surface area contributed by atoms with E-state index in [9.17, 15) is 0 Å². The van der Waals surface area contributed by atoms with Gasteiger partial charge in [-0.1, -0.05) is 35.9 Å². The summed E-state index contributed by atoms with van der Waals surface area (Å²) in [5.41, 5.74) is 10.00. The minimum atomic E-state index is 0.732. The van der Waals surface area contributed by atoms with Gasteiger partial charge in [-0.2, -0.15) is 0 Å². The molecular formula is C15H22N2. The molecule has 0 aliphatic carbocycles. The molecule has 2 N–H and O–H groups in total. The van der Waals surface area contributed by atoms with Crippen LogP contribution in [0.1, 0.15) is 24.5 Å². The van der Waals surface area contributed by atoms with E-state index >= 15 is 0 Å². The quantitative estimate of drug-likeness (QED) is 0.804. The molecule has 1 aliphatic rings. The molecule has 0 saturated carbocycles. The standard InChI is InChI=1S/C15H22N2/c1-13-5-4-10-17(11-13)12-15-7-3-2-6-14(15)8-9-16/h2-3,5-7H,4,8-12,16H2,1H3. The largest absolute Gasteiger partial charge is 0.330 e. The van der Waals surface area contributed by atoms with E-state index < -0.39 is 0 Å². The Morgan fingerprint density at radius 2 is 2.00 bits per heavy atom. The molecule has 2 rings (SSSR count). The molecule has 2 nitrogen and oxygen atoms in total. The van der Waals surface area contributed by atoms with Crippen LogP contribution >= 0.6 is 0 Å². The third-order valence-corrected chi connectivity index (χ3v) is 3.34. The first-order valence-electron chi connectivity index (χ1n) is 6.44. The first-order valence-corrected chi connectivity index (χ1v) is 6.44. The summed E-state index contributed by atoms with van der Waals surface area (Å²) in [5.74, 6) is 0. The van der Waals surface area contributed by atoms with Gasteiger partial charge in [0.2, 0.25) is 0 Å². The summed E-state index contributed by atoms with van der Waals surface area (Å²) in [6, 6.07) is 8.67. The second-order valence-corrected chi connectivity index (χ2v) is 4.86. The Morgan fingerprint density at radius 1 is 1.24 bits per heavy atom. The van der Waals surface area contributed by atoms with Crippen LogP contribution < -0.4 is 5.73 Å². The van der Waals surface area contributed by atoms with Crippen LogP contribution in [-0.4, -0.2) is 24.5 Å². The van der Waals surface area contributed by atoms with Crippen molar-refractivity contribution >= 4 is 0 Å². The maximum absolute atomic E-state index is 5.66. The zero-order valence-corrected chi connectivity index (χ0v) is 10.7. The highest BCUT2D eigenvalue weighted by molar-refractivity contribution is 5.27. The van der Waals surface area contributed by atoms with Gasteiger partial charge in [-0.25, -0.2) is 0 Å². The van der Waals surface area contributed by atoms with Gasteiger partial charge in [0.25, 0.3) is 0 Å². The minimum absolute atomic E-state index is 0.732. The molecule has 0 amide bonds. The topological polar surface area (TPSA) is 29.3 Å². The highest BCUT2D eigenvalue weighted by Gasteiger charge is 2.11. The van der Waals surface area contributed by atoms with Crippen LogP contribution in [0.2, 0.25) is 0 Å². The van der Waals surface area contributed by atoms with E-state index in [4.69, 9.17) is 5.73 Å². The summed E-state index contributed by atoms with van der Waals surface area (Å²) in [7, 11) is 0. The summed E-state index contributed by atoms with van der Waals surface area (Å²) in [6.45, 7) is 6.29. The molecule has 0 atom stereocenters. The molecule has 0 saturated heterocycles. The molecule has 1 heterocycles. The Balaban J connectivity index is 2.05. The van der Waals surface area contributed by atoms with Crippen LogP contribution in [0.4, 0.5) is 0 Å². The highest BCUT2D eigenvalue weighted by Crippen LogP contribution is 2.16. The molecule has 2 heteroatoms. The predicted octanol–water partition coefficient (Wildman–Crippen LogP) is 2.34. The van der Waals surface area contributed by atoms with Crippen molar-refractivity contribution in [2.45, 2.75) is 26.3 Å². The second-order valence-electron chi connectivity index (χ2n) is 4.86. The van der Waals surface area contributed by atoms with Crippen LogP contribution in [0.3, 0.4) is 0 Å². The van der Waals surface area contributed by atoms with Gasteiger partial charge in [-0.15, -0.1) is 0 Å². The predicted molar refractivity (Wildman–Crippen MR) is 72.9 cm³/mol. The molecule has 0 aromatic heterocycles. The van der Waals surface area contributed by atoms with E-state index in [-0.39, 0.29) is 0 Å². The molecule has 0 unspecified atom stereocenters. The van der Waals surface area contributed by atoms with Crippen molar-refractivity contribution in [3.05, 3.63) is 47.0 Å². The van der Waals surface area contributed by atoms with Gasteiger partial charge in [0, 0.05) is 19.6 Å². The zero-order valence-electron chi connectivity index (χ0n) is 10.7. The lowest BCUT2D eigenvalue weighted by atomic mass is 10.0. The maximum atomic E-state index is 5.66. The first kappa shape index (κ1) is 12.3. The normalized spacial score (nSPS) is 16.9. The molecule has 0 spiro atoms. The van der Waals surface area contributed by atoms with E-state index in [0.29, 0.717) is 0 Å². The molecule has 0 radical (unpaired) electrons. The van der Waals surface area contributed by atoms with Crippen molar-refractivity contribution in [1.29, 1.82) is 0 Å². The number of rotatable bonds is 4. The zero-order chi connectivity index (χ0) is 12.1. The fourth-order valence-corrected chi connectivity index (χ4v) is 2.48. The summed E-state index contributed by atoms with van der Waals surface area (Å²) in [5, 5.41) is 0. The molecular weight excluding hydrogens is 208 g/mol. The average Bonchev–Trinajstić information content (AvgIpc) is 2.32. The van der Waals surface area contributed by atoms with Crippen molar-refractivity contribution in [1.82, 2.24) is 4.90 Å². The Morgan fingerprint density at radius 3 is 2.71 bits per heavy atom. The van der Waals surface area contributed by atoms with Gasteiger partial charge in [0.15, 0.2) is 0 Å². The lowest BCUT2D eigenvalue weighted by Gasteiger charge is -2.26. The Kier molecular flexibility index (Phi) is 4.35. The molecule has 1 aromatic rings.